The van der Waals surface area contributed by atoms with Crippen molar-refractivity contribution >= 4 is 5.95 Å². The maximum Gasteiger partial charge on any atom is 0.226 e. The number of nitrogens with one attached hydrogen (secondary N) is 1. The van der Waals surface area contributed by atoms with Gasteiger partial charge in [0, 0.05) is 18.3 Å². The Hall–Kier alpha value is -2.30. The van der Waals surface area contributed by atoms with Crippen LogP contribution >= 0.6 is 0 Å². The van der Waals surface area contributed by atoms with E-state index in [-0.39, 0.29) is 11.9 Å². The highest BCUT2D eigenvalue weighted by Crippen LogP contribution is 2.14. The average Bonchev–Trinajstić information content (AvgIpc) is 2.39. The van der Waals surface area contributed by atoms with Crippen LogP contribution in [0.4, 0.5) is 5.95 Å². The standard InChI is InChI=1S/C16H21N3O2/c1-11(2)21-15-10-12(3)18-16(19-15)17-9-8-13-4-6-14(20)7-5-13/h4-7,10-11,20H,8-9H2,1-3H3,(H,17,18,19). The van der Waals surface area contributed by atoms with Crippen molar-refractivity contribution in [2.75, 3.05) is 11.9 Å². The second-order valence-corrected chi connectivity index (χ2v) is 5.18. The fraction of sp³-hybridized carbons (Fsp3) is 0.375. The molecule has 0 aliphatic heterocycles. The van der Waals surface area contributed by atoms with Gasteiger partial charge in [0.15, 0.2) is 0 Å². The number of aromatic hydroxyl groups is 1. The lowest BCUT2D eigenvalue weighted by atomic mass is 10.1. The van der Waals surface area contributed by atoms with Crippen molar-refractivity contribution in [1.82, 2.24) is 9.97 Å². The van der Waals surface area contributed by atoms with Crippen molar-refractivity contribution in [3.8, 4) is 11.6 Å². The van der Waals surface area contributed by atoms with Crippen LogP contribution in [-0.4, -0.2) is 27.7 Å². The van der Waals surface area contributed by atoms with Gasteiger partial charge in [0.25, 0.3) is 0 Å². The summed E-state index contributed by atoms with van der Waals surface area (Å²) in [5.74, 6) is 1.44. The molecule has 21 heavy (non-hydrogen) atoms. The number of hydrogen-bond acceptors (Lipinski definition) is 5. The molecule has 0 spiro atoms. The molecule has 0 fully saturated rings. The van der Waals surface area contributed by atoms with E-state index in [1.807, 2.05) is 39.0 Å². The Labute approximate surface area is 125 Å². The molecule has 1 heterocycles. The van der Waals surface area contributed by atoms with E-state index < -0.39 is 0 Å². The van der Waals surface area contributed by atoms with E-state index in [2.05, 4.69) is 15.3 Å². The fourth-order valence-corrected chi connectivity index (χ4v) is 1.90. The van der Waals surface area contributed by atoms with Gasteiger partial charge in [-0.2, -0.15) is 4.98 Å². The van der Waals surface area contributed by atoms with Gasteiger partial charge in [-0.1, -0.05) is 12.1 Å². The van der Waals surface area contributed by atoms with E-state index in [1.54, 1.807) is 12.1 Å². The fourth-order valence-electron chi connectivity index (χ4n) is 1.90. The third-order valence-electron chi connectivity index (χ3n) is 2.82. The van der Waals surface area contributed by atoms with Gasteiger partial charge in [-0.3, -0.25) is 0 Å². The highest BCUT2D eigenvalue weighted by Gasteiger charge is 2.04. The zero-order valence-electron chi connectivity index (χ0n) is 12.6. The molecule has 5 nitrogen and oxygen atoms in total. The zero-order chi connectivity index (χ0) is 15.2. The van der Waals surface area contributed by atoms with Crippen molar-refractivity contribution in [1.29, 1.82) is 0 Å². The molecule has 2 aromatic rings. The van der Waals surface area contributed by atoms with Crippen LogP contribution in [-0.2, 0) is 6.42 Å². The molecule has 0 aliphatic carbocycles. The Morgan fingerprint density at radius 2 is 1.90 bits per heavy atom. The lowest BCUT2D eigenvalue weighted by molar-refractivity contribution is 0.232. The molecular weight excluding hydrogens is 266 g/mol. The van der Waals surface area contributed by atoms with Gasteiger partial charge in [-0.05, 0) is 44.9 Å². The lowest BCUT2D eigenvalue weighted by Gasteiger charge is -2.11. The van der Waals surface area contributed by atoms with E-state index in [1.165, 1.54) is 0 Å². The number of nitrogens with zero attached hydrogens (tertiary/aromatic N) is 2. The van der Waals surface area contributed by atoms with Crippen LogP contribution in [0.3, 0.4) is 0 Å². The average molecular weight is 287 g/mol. The van der Waals surface area contributed by atoms with Crippen molar-refractivity contribution in [3.63, 3.8) is 0 Å². The molecule has 5 heteroatoms. The Morgan fingerprint density at radius 1 is 1.19 bits per heavy atom. The second kappa shape index (κ2) is 6.92. The Morgan fingerprint density at radius 3 is 2.57 bits per heavy atom. The van der Waals surface area contributed by atoms with Crippen molar-refractivity contribution in [2.45, 2.75) is 33.3 Å². The predicted octanol–water partition coefficient (Wildman–Crippen LogP) is 2.93. The van der Waals surface area contributed by atoms with Crippen molar-refractivity contribution in [3.05, 3.63) is 41.6 Å². The molecule has 2 N–H and O–H groups in total. The van der Waals surface area contributed by atoms with E-state index in [4.69, 9.17) is 4.74 Å². The number of aryl methyl sites for hydroxylation is 1. The maximum absolute atomic E-state index is 9.24. The largest absolute Gasteiger partial charge is 0.508 e. The summed E-state index contributed by atoms with van der Waals surface area (Å²) in [4.78, 5) is 8.68. The molecule has 112 valence electrons. The van der Waals surface area contributed by atoms with Crippen molar-refractivity contribution < 1.29 is 9.84 Å². The van der Waals surface area contributed by atoms with E-state index in [0.717, 1.165) is 24.2 Å². The van der Waals surface area contributed by atoms with Gasteiger partial charge in [-0.25, -0.2) is 4.98 Å². The van der Waals surface area contributed by atoms with Crippen LogP contribution in [0.5, 0.6) is 11.6 Å². The van der Waals surface area contributed by atoms with Gasteiger partial charge < -0.3 is 15.2 Å². The van der Waals surface area contributed by atoms with Crippen LogP contribution in [0.15, 0.2) is 30.3 Å². The minimum Gasteiger partial charge on any atom is -0.508 e. The third-order valence-corrected chi connectivity index (χ3v) is 2.82. The summed E-state index contributed by atoms with van der Waals surface area (Å²) >= 11 is 0. The Bertz CT molecular complexity index is 583. The number of phenols is 1. The first-order valence-corrected chi connectivity index (χ1v) is 7.07. The normalized spacial score (nSPS) is 10.7. The number of benzene rings is 1. The topological polar surface area (TPSA) is 67.3 Å². The molecule has 0 bridgehead atoms. The summed E-state index contributed by atoms with van der Waals surface area (Å²) in [6.45, 7) is 6.57. The van der Waals surface area contributed by atoms with E-state index in [9.17, 15) is 5.11 Å². The molecule has 0 amide bonds. The van der Waals surface area contributed by atoms with E-state index >= 15 is 0 Å². The number of phenolic OH excluding ortho intramolecular Hbond substituents is 1. The Kier molecular flexibility index (Phi) is 4.98. The summed E-state index contributed by atoms with van der Waals surface area (Å²) in [7, 11) is 0. The van der Waals surface area contributed by atoms with Gasteiger partial charge in [0.05, 0.1) is 6.10 Å². The van der Waals surface area contributed by atoms with Gasteiger partial charge in [0.1, 0.15) is 5.75 Å². The summed E-state index contributed by atoms with van der Waals surface area (Å²) in [6, 6.07) is 9.01. The summed E-state index contributed by atoms with van der Waals surface area (Å²) in [5.41, 5.74) is 2.01. The second-order valence-electron chi connectivity index (χ2n) is 5.18. The zero-order valence-corrected chi connectivity index (χ0v) is 12.6. The van der Waals surface area contributed by atoms with Crippen LogP contribution in [0.1, 0.15) is 25.1 Å². The minimum atomic E-state index is 0.0872. The molecule has 1 aromatic carbocycles. The van der Waals surface area contributed by atoms with Crippen LogP contribution < -0.4 is 10.1 Å². The molecule has 0 aliphatic rings. The highest BCUT2D eigenvalue weighted by atomic mass is 16.5. The molecule has 0 radical (unpaired) electrons. The SMILES string of the molecule is Cc1cc(OC(C)C)nc(NCCc2ccc(O)cc2)n1. The minimum absolute atomic E-state index is 0.0872. The highest BCUT2D eigenvalue weighted by molar-refractivity contribution is 5.32. The Balaban J connectivity index is 1.93. The monoisotopic (exact) mass is 287 g/mol. The molecule has 1 aromatic heterocycles. The number of anilines is 1. The molecule has 0 saturated heterocycles. The first-order valence-electron chi connectivity index (χ1n) is 7.07. The third kappa shape index (κ3) is 4.95. The smallest absolute Gasteiger partial charge is 0.226 e. The molecule has 0 unspecified atom stereocenters. The number of aromatic nitrogens is 2. The molecular formula is C16H21N3O2. The van der Waals surface area contributed by atoms with Crippen LogP contribution in [0.25, 0.3) is 0 Å². The number of hydrogen-bond donors (Lipinski definition) is 2. The maximum atomic E-state index is 9.24. The number of rotatable bonds is 6. The first-order chi connectivity index (χ1) is 10.0. The quantitative estimate of drug-likeness (QED) is 0.855. The van der Waals surface area contributed by atoms with Crippen LogP contribution in [0.2, 0.25) is 0 Å². The van der Waals surface area contributed by atoms with Gasteiger partial charge in [0.2, 0.25) is 11.8 Å². The molecule has 0 saturated carbocycles. The summed E-state index contributed by atoms with van der Waals surface area (Å²) in [6.07, 6.45) is 0.918. The molecule has 0 atom stereocenters. The number of ether oxygens (including phenoxy) is 1. The summed E-state index contributed by atoms with van der Waals surface area (Å²) in [5, 5.41) is 12.4. The lowest BCUT2D eigenvalue weighted by Crippen LogP contribution is -2.11. The van der Waals surface area contributed by atoms with Crippen molar-refractivity contribution in [2.24, 2.45) is 0 Å². The van der Waals surface area contributed by atoms with Gasteiger partial charge >= 0.3 is 0 Å². The summed E-state index contributed by atoms with van der Waals surface area (Å²) < 4.78 is 5.59. The van der Waals surface area contributed by atoms with Gasteiger partial charge in [-0.15, -0.1) is 0 Å². The molecule has 2 rings (SSSR count). The van der Waals surface area contributed by atoms with E-state index in [0.29, 0.717) is 11.8 Å². The predicted molar refractivity (Wildman–Crippen MR) is 82.8 cm³/mol. The first kappa shape index (κ1) is 15.1. The van der Waals surface area contributed by atoms with Crippen LogP contribution in [0, 0.1) is 6.92 Å².